The first-order valence-corrected chi connectivity index (χ1v) is 8.84. The molecular formula is C19H25N5O2. The van der Waals surface area contributed by atoms with E-state index in [2.05, 4.69) is 18.3 Å². The van der Waals surface area contributed by atoms with Crippen molar-refractivity contribution in [2.24, 2.45) is 0 Å². The van der Waals surface area contributed by atoms with Gasteiger partial charge in [0.1, 0.15) is 0 Å². The highest BCUT2D eigenvalue weighted by Gasteiger charge is 2.16. The van der Waals surface area contributed by atoms with Crippen LogP contribution in [0, 0.1) is 13.8 Å². The Labute approximate surface area is 153 Å². The molecule has 0 saturated heterocycles. The summed E-state index contributed by atoms with van der Waals surface area (Å²) in [6.07, 6.45) is 5.12. The minimum absolute atomic E-state index is 0.0319. The molecule has 0 radical (unpaired) electrons. The van der Waals surface area contributed by atoms with Crippen LogP contribution in [-0.2, 0) is 16.1 Å². The van der Waals surface area contributed by atoms with Crippen LogP contribution in [0.1, 0.15) is 24.1 Å². The maximum atomic E-state index is 11.9. The van der Waals surface area contributed by atoms with Crippen LogP contribution in [0.2, 0.25) is 0 Å². The lowest BCUT2D eigenvalue weighted by atomic mass is 10.2. The number of hydrogen-bond acceptors (Lipinski definition) is 4. The summed E-state index contributed by atoms with van der Waals surface area (Å²) >= 11 is 0. The molecular weight excluding hydrogens is 330 g/mol. The summed E-state index contributed by atoms with van der Waals surface area (Å²) < 4.78 is 8.85. The Morgan fingerprint density at radius 1 is 1.27 bits per heavy atom. The van der Waals surface area contributed by atoms with Gasteiger partial charge in [-0.05, 0) is 44.0 Å². The number of nitrogens with one attached hydrogen (secondary N) is 1. The van der Waals surface area contributed by atoms with Gasteiger partial charge >= 0.3 is 0 Å². The number of fused-ring (bicyclic) bond motifs is 1. The van der Waals surface area contributed by atoms with Gasteiger partial charge in [0.25, 0.3) is 0 Å². The smallest absolute Gasteiger partial charge is 0.220 e. The summed E-state index contributed by atoms with van der Waals surface area (Å²) in [4.78, 5) is 16.6. The second-order valence-electron chi connectivity index (χ2n) is 6.36. The van der Waals surface area contributed by atoms with Crippen molar-refractivity contribution in [3.63, 3.8) is 0 Å². The van der Waals surface area contributed by atoms with E-state index in [0.717, 1.165) is 28.1 Å². The first kappa shape index (κ1) is 18.1. The number of nitrogens with zero attached hydrogens (tertiary/aromatic N) is 4. The molecule has 1 amide bonds. The van der Waals surface area contributed by atoms with Crippen molar-refractivity contribution in [1.29, 1.82) is 0 Å². The predicted octanol–water partition coefficient (Wildman–Crippen LogP) is 2.38. The summed E-state index contributed by atoms with van der Waals surface area (Å²) in [5, 5.41) is 8.66. The van der Waals surface area contributed by atoms with Crippen molar-refractivity contribution in [2.75, 3.05) is 20.3 Å². The molecule has 0 spiro atoms. The molecule has 0 bridgehead atoms. The van der Waals surface area contributed by atoms with Crippen LogP contribution < -0.4 is 5.32 Å². The first-order valence-electron chi connectivity index (χ1n) is 8.84. The van der Waals surface area contributed by atoms with Crippen molar-refractivity contribution in [2.45, 2.75) is 33.2 Å². The number of methoxy groups -OCH3 is 1. The molecule has 0 aliphatic carbocycles. The van der Waals surface area contributed by atoms with Crippen LogP contribution in [0.15, 0.2) is 30.6 Å². The predicted molar refractivity (Wildman–Crippen MR) is 100 cm³/mol. The Morgan fingerprint density at radius 3 is 2.77 bits per heavy atom. The van der Waals surface area contributed by atoms with Gasteiger partial charge in [-0.25, -0.2) is 9.67 Å². The quantitative estimate of drug-likeness (QED) is 0.630. The second-order valence-corrected chi connectivity index (χ2v) is 6.36. The number of amides is 1. The number of aromatic nitrogens is 4. The molecule has 138 valence electrons. The summed E-state index contributed by atoms with van der Waals surface area (Å²) in [6.45, 7) is 5.78. The molecule has 26 heavy (non-hydrogen) atoms. The number of aryl methyl sites for hydroxylation is 3. The van der Waals surface area contributed by atoms with E-state index in [-0.39, 0.29) is 5.91 Å². The molecule has 7 nitrogen and oxygen atoms in total. The van der Waals surface area contributed by atoms with E-state index in [1.54, 1.807) is 7.11 Å². The summed E-state index contributed by atoms with van der Waals surface area (Å²) in [5.74, 6) is 0.906. The molecule has 0 fully saturated rings. The van der Waals surface area contributed by atoms with E-state index in [0.29, 0.717) is 32.5 Å². The molecule has 0 aromatic carbocycles. The fraction of sp³-hybridized carbons (Fsp3) is 0.421. The third-order valence-corrected chi connectivity index (χ3v) is 4.26. The molecule has 1 N–H and O–H groups in total. The van der Waals surface area contributed by atoms with Gasteiger partial charge in [0.05, 0.1) is 12.0 Å². The fourth-order valence-corrected chi connectivity index (χ4v) is 3.07. The van der Waals surface area contributed by atoms with Crippen molar-refractivity contribution >= 4 is 16.9 Å². The van der Waals surface area contributed by atoms with Gasteiger partial charge in [0, 0.05) is 44.7 Å². The number of hydrogen-bond donors (Lipinski definition) is 1. The molecule has 3 rings (SSSR count). The highest BCUT2D eigenvalue weighted by atomic mass is 16.5. The Kier molecular flexibility index (Phi) is 5.68. The van der Waals surface area contributed by atoms with E-state index >= 15 is 0 Å². The zero-order valence-corrected chi connectivity index (χ0v) is 15.5. The van der Waals surface area contributed by atoms with Gasteiger partial charge in [-0.3, -0.25) is 4.79 Å². The third kappa shape index (κ3) is 3.94. The van der Waals surface area contributed by atoms with Gasteiger partial charge in [-0.15, -0.1) is 0 Å². The van der Waals surface area contributed by atoms with Crippen LogP contribution in [-0.4, -0.2) is 45.5 Å². The lowest BCUT2D eigenvalue weighted by Crippen LogP contribution is -2.26. The number of pyridine rings is 1. The number of carbonyl (C=O) groups is 1. The lowest BCUT2D eigenvalue weighted by molar-refractivity contribution is -0.121. The van der Waals surface area contributed by atoms with E-state index in [9.17, 15) is 4.79 Å². The van der Waals surface area contributed by atoms with E-state index in [1.165, 1.54) is 0 Å². The molecule has 7 heteroatoms. The monoisotopic (exact) mass is 355 g/mol. The maximum absolute atomic E-state index is 11.9. The van der Waals surface area contributed by atoms with Crippen molar-refractivity contribution in [3.8, 4) is 5.82 Å². The largest absolute Gasteiger partial charge is 0.383 e. The molecule has 0 aliphatic rings. The average Bonchev–Trinajstić information content (AvgIpc) is 3.23. The zero-order chi connectivity index (χ0) is 18.5. The number of ether oxygens (including phenoxy) is 1. The van der Waals surface area contributed by atoms with Crippen LogP contribution in [0.25, 0.3) is 16.9 Å². The lowest BCUT2D eigenvalue weighted by Gasteiger charge is -2.06. The van der Waals surface area contributed by atoms with E-state index < -0.39 is 0 Å². The first-order chi connectivity index (χ1) is 12.6. The normalized spacial score (nSPS) is 11.2. The van der Waals surface area contributed by atoms with Crippen LogP contribution in [0.3, 0.4) is 0 Å². The highest BCUT2D eigenvalue weighted by molar-refractivity contribution is 5.87. The van der Waals surface area contributed by atoms with Gasteiger partial charge in [0.2, 0.25) is 5.91 Å². The van der Waals surface area contributed by atoms with Gasteiger partial charge in [-0.1, -0.05) is 0 Å². The SMILES string of the molecule is COCCNC(=O)CCCn1nc(-n2cccc2)c2c(C)cc(C)nc21. The molecule has 0 atom stereocenters. The fourth-order valence-electron chi connectivity index (χ4n) is 3.07. The molecule has 3 heterocycles. The molecule has 0 unspecified atom stereocenters. The summed E-state index contributed by atoms with van der Waals surface area (Å²) in [7, 11) is 1.62. The second kappa shape index (κ2) is 8.14. The molecule has 0 saturated carbocycles. The topological polar surface area (TPSA) is 74.0 Å². The Morgan fingerprint density at radius 2 is 2.04 bits per heavy atom. The van der Waals surface area contributed by atoms with Crippen molar-refractivity contribution < 1.29 is 9.53 Å². The Bertz CT molecular complexity index is 883. The Hall–Kier alpha value is -2.67. The highest BCUT2D eigenvalue weighted by Crippen LogP contribution is 2.25. The van der Waals surface area contributed by atoms with Gasteiger partial charge < -0.3 is 14.6 Å². The standard InChI is InChI=1S/C19H25N5O2/c1-14-13-15(2)21-18-17(14)19(23-9-4-5-10-23)22-24(18)11-6-7-16(25)20-8-12-26-3/h4-5,9-10,13H,6-8,11-12H2,1-3H3,(H,20,25). The third-order valence-electron chi connectivity index (χ3n) is 4.26. The molecule has 3 aromatic heterocycles. The van der Waals surface area contributed by atoms with Crippen LogP contribution in [0.4, 0.5) is 0 Å². The summed E-state index contributed by atoms with van der Waals surface area (Å²) in [5.41, 5.74) is 2.98. The summed E-state index contributed by atoms with van der Waals surface area (Å²) in [6, 6.07) is 6.03. The number of rotatable bonds is 8. The van der Waals surface area contributed by atoms with E-state index in [4.69, 9.17) is 14.8 Å². The zero-order valence-electron chi connectivity index (χ0n) is 15.5. The van der Waals surface area contributed by atoms with Crippen LogP contribution >= 0.6 is 0 Å². The van der Waals surface area contributed by atoms with E-state index in [1.807, 2.05) is 40.7 Å². The molecule has 0 aliphatic heterocycles. The molecule has 3 aromatic rings. The average molecular weight is 355 g/mol. The van der Waals surface area contributed by atoms with Gasteiger partial charge in [-0.2, -0.15) is 5.10 Å². The van der Waals surface area contributed by atoms with Crippen LogP contribution in [0.5, 0.6) is 0 Å². The van der Waals surface area contributed by atoms with Crippen molar-refractivity contribution in [1.82, 2.24) is 24.6 Å². The minimum atomic E-state index is 0.0319. The van der Waals surface area contributed by atoms with Gasteiger partial charge in [0.15, 0.2) is 11.5 Å². The minimum Gasteiger partial charge on any atom is -0.383 e. The maximum Gasteiger partial charge on any atom is 0.220 e. The number of carbonyl (C=O) groups excluding carboxylic acids is 1. The Balaban J connectivity index is 1.79. The van der Waals surface area contributed by atoms with Crippen molar-refractivity contribution in [3.05, 3.63) is 41.9 Å².